The highest BCUT2D eigenvalue weighted by Crippen LogP contribution is 2.43. The summed E-state index contributed by atoms with van der Waals surface area (Å²) in [5, 5.41) is 0.668. The maximum absolute atomic E-state index is 12.9. The largest absolute Gasteiger partial charge is 0.491 e. The van der Waals surface area contributed by atoms with E-state index in [4.69, 9.17) is 21.1 Å². The number of carbonyl (C=O) groups is 1. The molecule has 0 spiro atoms. The van der Waals surface area contributed by atoms with Crippen LogP contribution in [0, 0.1) is 5.41 Å². The normalized spacial score (nSPS) is 20.0. The molecule has 1 aromatic carbocycles. The molecule has 5 heteroatoms. The topological polar surface area (TPSA) is 38.8 Å². The highest BCUT2D eigenvalue weighted by atomic mass is 35.5. The van der Waals surface area contributed by atoms with Gasteiger partial charge in [-0.2, -0.15) is 0 Å². The number of carbonyl (C=O) groups excluding carboxylic acids is 1. The third-order valence-corrected chi connectivity index (χ3v) is 4.71. The van der Waals surface area contributed by atoms with Crippen molar-refractivity contribution in [3.05, 3.63) is 28.8 Å². The molecular weight excluding hydrogens is 290 g/mol. The Morgan fingerprint density at radius 3 is 2.95 bits per heavy atom. The second kappa shape index (κ2) is 5.85. The Bertz CT molecular complexity index is 542. The number of benzene rings is 1. The Labute approximate surface area is 130 Å². The van der Waals surface area contributed by atoms with Crippen LogP contribution in [0.2, 0.25) is 5.02 Å². The Balaban J connectivity index is 1.81. The number of hydrogen-bond donors (Lipinski definition) is 0. The van der Waals surface area contributed by atoms with Crippen molar-refractivity contribution in [2.75, 3.05) is 26.9 Å². The lowest BCUT2D eigenvalue weighted by molar-refractivity contribution is -0.153. The minimum Gasteiger partial charge on any atom is -0.491 e. The molecule has 0 radical (unpaired) electrons. The fraction of sp³-hybridized carbons (Fsp3) is 0.562. The Hall–Kier alpha value is -1.26. The van der Waals surface area contributed by atoms with Crippen LogP contribution in [0.25, 0.3) is 0 Å². The van der Waals surface area contributed by atoms with E-state index < -0.39 is 0 Å². The van der Waals surface area contributed by atoms with Crippen molar-refractivity contribution in [2.24, 2.45) is 5.41 Å². The third-order valence-electron chi connectivity index (χ3n) is 4.47. The molecule has 1 heterocycles. The molecule has 4 nitrogen and oxygen atoms in total. The lowest BCUT2D eigenvalue weighted by atomic mass is 9.68. The highest BCUT2D eigenvalue weighted by molar-refractivity contribution is 6.30. The van der Waals surface area contributed by atoms with Crippen molar-refractivity contribution in [3.8, 4) is 5.75 Å². The van der Waals surface area contributed by atoms with Gasteiger partial charge in [0, 0.05) is 24.2 Å². The van der Waals surface area contributed by atoms with E-state index in [1.54, 1.807) is 7.11 Å². The zero-order chi connectivity index (χ0) is 14.9. The van der Waals surface area contributed by atoms with E-state index in [0.717, 1.165) is 30.6 Å². The molecule has 1 fully saturated rings. The predicted molar refractivity (Wildman–Crippen MR) is 80.5 cm³/mol. The number of fused-ring (bicyclic) bond motifs is 1. The van der Waals surface area contributed by atoms with Crippen LogP contribution in [-0.2, 0) is 16.1 Å². The second-order valence-corrected chi connectivity index (χ2v) is 6.33. The predicted octanol–water partition coefficient (Wildman–Crippen LogP) is 2.88. The SMILES string of the molecule is COCC1(C(=O)N2CCOc3ccc(Cl)cc3C2)CCC1. The first kappa shape index (κ1) is 14.7. The minimum absolute atomic E-state index is 0.187. The number of ether oxygens (including phenoxy) is 2. The molecule has 0 aromatic heterocycles. The van der Waals surface area contributed by atoms with E-state index in [0.29, 0.717) is 31.3 Å². The summed E-state index contributed by atoms with van der Waals surface area (Å²) >= 11 is 6.06. The first-order chi connectivity index (χ1) is 10.1. The van der Waals surface area contributed by atoms with Crippen molar-refractivity contribution >= 4 is 17.5 Å². The maximum atomic E-state index is 12.9. The van der Waals surface area contributed by atoms with Crippen molar-refractivity contribution in [1.82, 2.24) is 4.90 Å². The summed E-state index contributed by atoms with van der Waals surface area (Å²) in [6.45, 7) is 2.19. The van der Waals surface area contributed by atoms with Crippen LogP contribution < -0.4 is 4.74 Å². The van der Waals surface area contributed by atoms with Crippen LogP contribution in [0.1, 0.15) is 24.8 Å². The molecule has 1 aromatic rings. The second-order valence-electron chi connectivity index (χ2n) is 5.89. The molecule has 21 heavy (non-hydrogen) atoms. The summed E-state index contributed by atoms with van der Waals surface area (Å²) in [5.74, 6) is 1.01. The average molecular weight is 310 g/mol. The summed E-state index contributed by atoms with van der Waals surface area (Å²) in [4.78, 5) is 14.8. The number of halogens is 1. The lowest BCUT2D eigenvalue weighted by Crippen LogP contribution is -2.50. The molecule has 1 aliphatic heterocycles. The van der Waals surface area contributed by atoms with E-state index in [1.807, 2.05) is 23.1 Å². The van der Waals surface area contributed by atoms with Crippen LogP contribution in [0.4, 0.5) is 0 Å². The summed E-state index contributed by atoms with van der Waals surface area (Å²) in [7, 11) is 1.66. The van der Waals surface area contributed by atoms with E-state index in [-0.39, 0.29) is 11.3 Å². The monoisotopic (exact) mass is 309 g/mol. The maximum Gasteiger partial charge on any atom is 0.231 e. The van der Waals surface area contributed by atoms with Crippen LogP contribution in [0.3, 0.4) is 0 Å². The summed E-state index contributed by atoms with van der Waals surface area (Å²) in [5.41, 5.74) is 0.651. The molecule has 0 unspecified atom stereocenters. The van der Waals surface area contributed by atoms with E-state index in [1.165, 1.54) is 0 Å². The number of rotatable bonds is 3. The Morgan fingerprint density at radius 1 is 1.48 bits per heavy atom. The van der Waals surface area contributed by atoms with E-state index in [2.05, 4.69) is 0 Å². The molecular formula is C16H20ClNO3. The molecule has 1 saturated carbocycles. The number of amides is 1. The summed E-state index contributed by atoms with van der Waals surface area (Å²) < 4.78 is 11.0. The summed E-state index contributed by atoms with van der Waals surface area (Å²) in [6, 6.07) is 5.57. The fourth-order valence-electron chi connectivity index (χ4n) is 3.17. The Kier molecular flexibility index (Phi) is 4.09. The first-order valence-corrected chi connectivity index (χ1v) is 7.72. The molecule has 0 atom stereocenters. The van der Waals surface area contributed by atoms with E-state index in [9.17, 15) is 4.79 Å². The van der Waals surface area contributed by atoms with Gasteiger partial charge in [-0.3, -0.25) is 4.79 Å². The van der Waals surface area contributed by atoms with Gasteiger partial charge in [0.05, 0.1) is 18.6 Å². The number of methoxy groups -OCH3 is 1. The Morgan fingerprint density at radius 2 is 2.29 bits per heavy atom. The minimum atomic E-state index is -0.322. The van der Waals surface area contributed by atoms with Crippen molar-refractivity contribution < 1.29 is 14.3 Å². The van der Waals surface area contributed by atoms with Gasteiger partial charge in [0.1, 0.15) is 12.4 Å². The zero-order valence-corrected chi connectivity index (χ0v) is 13.0. The van der Waals surface area contributed by atoms with Crippen molar-refractivity contribution in [1.29, 1.82) is 0 Å². The van der Waals surface area contributed by atoms with Crippen LogP contribution in [0.15, 0.2) is 18.2 Å². The highest BCUT2D eigenvalue weighted by Gasteiger charge is 2.46. The summed E-state index contributed by atoms with van der Waals surface area (Å²) in [6.07, 6.45) is 2.93. The molecule has 0 N–H and O–H groups in total. The standard InChI is InChI=1S/C16H20ClNO3/c1-20-11-16(5-2-6-16)15(19)18-7-8-21-14-4-3-13(17)9-12(14)10-18/h3-4,9H,2,5-8,10-11H2,1H3. The van der Waals surface area contributed by atoms with E-state index >= 15 is 0 Å². The third kappa shape index (κ3) is 2.74. The van der Waals surface area contributed by atoms with Gasteiger partial charge in [-0.25, -0.2) is 0 Å². The van der Waals surface area contributed by atoms with Gasteiger partial charge in [0.2, 0.25) is 5.91 Å². The number of nitrogens with zero attached hydrogens (tertiary/aromatic N) is 1. The quantitative estimate of drug-likeness (QED) is 0.862. The number of hydrogen-bond acceptors (Lipinski definition) is 3. The van der Waals surface area contributed by atoms with Gasteiger partial charge in [0.25, 0.3) is 0 Å². The molecule has 0 bridgehead atoms. The molecule has 3 rings (SSSR count). The van der Waals surface area contributed by atoms with Gasteiger partial charge in [-0.15, -0.1) is 0 Å². The molecule has 1 amide bonds. The van der Waals surface area contributed by atoms with Gasteiger partial charge in [0.15, 0.2) is 0 Å². The molecule has 1 aliphatic carbocycles. The smallest absolute Gasteiger partial charge is 0.231 e. The van der Waals surface area contributed by atoms with Gasteiger partial charge >= 0.3 is 0 Å². The lowest BCUT2D eigenvalue weighted by Gasteiger charge is -2.42. The van der Waals surface area contributed by atoms with Crippen LogP contribution >= 0.6 is 11.6 Å². The average Bonchev–Trinajstić information content (AvgIpc) is 2.63. The van der Waals surface area contributed by atoms with Gasteiger partial charge < -0.3 is 14.4 Å². The zero-order valence-electron chi connectivity index (χ0n) is 12.2. The fourth-order valence-corrected chi connectivity index (χ4v) is 3.37. The molecule has 0 saturated heterocycles. The van der Waals surface area contributed by atoms with Crippen molar-refractivity contribution in [2.45, 2.75) is 25.8 Å². The van der Waals surface area contributed by atoms with Crippen LogP contribution in [-0.4, -0.2) is 37.7 Å². The molecule has 2 aliphatic rings. The van der Waals surface area contributed by atoms with Crippen LogP contribution in [0.5, 0.6) is 5.75 Å². The first-order valence-electron chi connectivity index (χ1n) is 7.34. The molecule has 114 valence electrons. The van der Waals surface area contributed by atoms with Gasteiger partial charge in [-0.1, -0.05) is 18.0 Å². The van der Waals surface area contributed by atoms with Gasteiger partial charge in [-0.05, 0) is 31.0 Å². The van der Waals surface area contributed by atoms with Crippen molar-refractivity contribution in [3.63, 3.8) is 0 Å².